The van der Waals surface area contributed by atoms with Crippen LogP contribution >= 0.6 is 11.3 Å². The van der Waals surface area contributed by atoms with E-state index >= 15 is 0 Å². The molecule has 1 N–H and O–H groups in total. The number of ether oxygens (including phenoxy) is 1. The standard InChI is InChI=1S/C21H20N4O7S2/c26-19(23-21-22-17-8-7-15(25(28)29)12-18(17)33-21)13-32-20(27)14-5-4-6-16(11-14)34(30,31)24-9-2-1-3-10-24/h4-8,11-12H,1-3,9-10,13H2,(H,22,23,26). The van der Waals surface area contributed by atoms with Crippen molar-refractivity contribution in [3.63, 3.8) is 0 Å². The average molecular weight is 505 g/mol. The zero-order valence-corrected chi connectivity index (χ0v) is 19.4. The molecule has 2 aromatic carbocycles. The molecule has 0 radical (unpaired) electrons. The van der Waals surface area contributed by atoms with E-state index in [-0.39, 0.29) is 21.3 Å². The van der Waals surface area contributed by atoms with Crippen LogP contribution < -0.4 is 5.32 Å². The lowest BCUT2D eigenvalue weighted by Gasteiger charge is -2.25. The normalized spacial score (nSPS) is 14.6. The van der Waals surface area contributed by atoms with E-state index in [9.17, 15) is 28.1 Å². The number of carbonyl (C=O) groups excluding carboxylic acids is 2. The smallest absolute Gasteiger partial charge is 0.338 e. The lowest BCUT2D eigenvalue weighted by molar-refractivity contribution is -0.384. The summed E-state index contributed by atoms with van der Waals surface area (Å²) in [6, 6.07) is 9.67. The minimum atomic E-state index is -3.71. The van der Waals surface area contributed by atoms with Crippen molar-refractivity contribution in [2.24, 2.45) is 0 Å². The molecule has 1 fully saturated rings. The number of nitro benzene ring substituents is 1. The summed E-state index contributed by atoms with van der Waals surface area (Å²) in [6.07, 6.45) is 2.57. The number of piperidine rings is 1. The second-order valence-electron chi connectivity index (χ2n) is 7.55. The van der Waals surface area contributed by atoms with Gasteiger partial charge < -0.3 is 4.74 Å². The van der Waals surface area contributed by atoms with Gasteiger partial charge in [-0.15, -0.1) is 0 Å². The predicted molar refractivity (Wildman–Crippen MR) is 124 cm³/mol. The number of carbonyl (C=O) groups is 2. The van der Waals surface area contributed by atoms with Crippen LogP contribution in [0.5, 0.6) is 0 Å². The van der Waals surface area contributed by atoms with Crippen molar-refractivity contribution >= 4 is 54.3 Å². The largest absolute Gasteiger partial charge is 0.452 e. The maximum Gasteiger partial charge on any atom is 0.338 e. The molecule has 0 bridgehead atoms. The minimum absolute atomic E-state index is 0.00290. The Bertz CT molecular complexity index is 1360. The Hall–Kier alpha value is -3.42. The molecule has 0 unspecified atom stereocenters. The SMILES string of the molecule is O=C(COC(=O)c1cccc(S(=O)(=O)N2CCCCC2)c1)Nc1nc2ccc([N+](=O)[O-])cc2s1. The van der Waals surface area contributed by atoms with Crippen molar-refractivity contribution in [3.05, 3.63) is 58.1 Å². The molecule has 1 aromatic heterocycles. The third kappa shape index (κ3) is 5.21. The highest BCUT2D eigenvalue weighted by Gasteiger charge is 2.26. The van der Waals surface area contributed by atoms with E-state index in [0.717, 1.165) is 30.6 Å². The molecule has 11 nitrogen and oxygen atoms in total. The number of nitrogens with zero attached hydrogens (tertiary/aromatic N) is 3. The molecule has 1 aliphatic heterocycles. The highest BCUT2D eigenvalue weighted by Crippen LogP contribution is 2.29. The van der Waals surface area contributed by atoms with Gasteiger partial charge in [-0.2, -0.15) is 4.31 Å². The van der Waals surface area contributed by atoms with Gasteiger partial charge in [-0.1, -0.05) is 23.8 Å². The molecular weight excluding hydrogens is 484 g/mol. The number of sulfonamides is 1. The molecule has 2 heterocycles. The maximum absolute atomic E-state index is 12.8. The van der Waals surface area contributed by atoms with Crippen molar-refractivity contribution in [1.29, 1.82) is 0 Å². The molecule has 0 spiro atoms. The van der Waals surface area contributed by atoms with Gasteiger partial charge in [0.2, 0.25) is 10.0 Å². The Labute approximate surface area is 198 Å². The van der Waals surface area contributed by atoms with Crippen molar-refractivity contribution < 1.29 is 27.7 Å². The van der Waals surface area contributed by atoms with E-state index < -0.39 is 33.4 Å². The monoisotopic (exact) mass is 504 g/mol. The van der Waals surface area contributed by atoms with Gasteiger partial charge in [0.15, 0.2) is 11.7 Å². The van der Waals surface area contributed by atoms with Crippen LogP contribution in [-0.4, -0.2) is 54.2 Å². The molecule has 1 amide bonds. The van der Waals surface area contributed by atoms with Crippen molar-refractivity contribution in [3.8, 4) is 0 Å². The molecule has 34 heavy (non-hydrogen) atoms. The highest BCUT2D eigenvalue weighted by molar-refractivity contribution is 7.89. The zero-order valence-electron chi connectivity index (χ0n) is 17.8. The van der Waals surface area contributed by atoms with E-state index in [1.54, 1.807) is 0 Å². The summed E-state index contributed by atoms with van der Waals surface area (Å²) < 4.78 is 32.6. The number of benzene rings is 2. The summed E-state index contributed by atoms with van der Waals surface area (Å²) >= 11 is 1.05. The fraction of sp³-hybridized carbons (Fsp3) is 0.286. The number of fused-ring (bicyclic) bond motifs is 1. The van der Waals surface area contributed by atoms with Crippen LogP contribution in [0, 0.1) is 10.1 Å². The van der Waals surface area contributed by atoms with Crippen LogP contribution in [0.1, 0.15) is 29.6 Å². The van der Waals surface area contributed by atoms with Crippen LogP contribution in [0.3, 0.4) is 0 Å². The van der Waals surface area contributed by atoms with Gasteiger partial charge in [0.25, 0.3) is 11.6 Å². The number of aromatic nitrogens is 1. The summed E-state index contributed by atoms with van der Waals surface area (Å²) in [6.45, 7) is 0.268. The number of esters is 1. The lowest BCUT2D eigenvalue weighted by atomic mass is 10.2. The lowest BCUT2D eigenvalue weighted by Crippen LogP contribution is -2.35. The van der Waals surface area contributed by atoms with Gasteiger partial charge in [-0.05, 0) is 37.1 Å². The van der Waals surface area contributed by atoms with E-state index in [2.05, 4.69) is 10.3 Å². The number of amides is 1. The number of non-ortho nitro benzene ring substituents is 1. The van der Waals surface area contributed by atoms with Crippen LogP contribution in [0.4, 0.5) is 10.8 Å². The van der Waals surface area contributed by atoms with E-state index in [0.29, 0.717) is 23.3 Å². The number of nitrogens with one attached hydrogen (secondary N) is 1. The topological polar surface area (TPSA) is 149 Å². The predicted octanol–water partition coefficient (Wildman–Crippen LogP) is 3.17. The molecule has 3 aromatic rings. The number of hydrogen-bond donors (Lipinski definition) is 1. The Morgan fingerprint density at radius 2 is 1.91 bits per heavy atom. The number of thiazole rings is 1. The first-order valence-electron chi connectivity index (χ1n) is 10.4. The van der Waals surface area contributed by atoms with Crippen molar-refractivity contribution in [2.45, 2.75) is 24.2 Å². The fourth-order valence-corrected chi connectivity index (χ4v) is 5.97. The van der Waals surface area contributed by atoms with Gasteiger partial charge in [0.1, 0.15) is 0 Å². The summed E-state index contributed by atoms with van der Waals surface area (Å²) in [4.78, 5) is 39.1. The molecule has 13 heteroatoms. The third-order valence-electron chi connectivity index (χ3n) is 5.19. The van der Waals surface area contributed by atoms with Crippen molar-refractivity contribution in [2.75, 3.05) is 25.0 Å². The van der Waals surface area contributed by atoms with Crippen LogP contribution in [0.25, 0.3) is 10.2 Å². The van der Waals surface area contributed by atoms with E-state index in [4.69, 9.17) is 4.74 Å². The Morgan fingerprint density at radius 3 is 2.65 bits per heavy atom. The molecule has 0 aliphatic carbocycles. The average Bonchev–Trinajstić information content (AvgIpc) is 3.24. The maximum atomic E-state index is 12.8. The molecule has 1 saturated heterocycles. The Balaban J connectivity index is 1.38. The molecule has 0 atom stereocenters. The second kappa shape index (κ2) is 9.83. The number of rotatable bonds is 7. The van der Waals surface area contributed by atoms with Gasteiger partial charge in [0, 0.05) is 25.2 Å². The van der Waals surface area contributed by atoms with E-state index in [1.165, 1.54) is 46.8 Å². The molecule has 1 aliphatic rings. The second-order valence-corrected chi connectivity index (χ2v) is 10.5. The number of nitro groups is 1. The van der Waals surface area contributed by atoms with Crippen LogP contribution in [-0.2, 0) is 19.6 Å². The highest BCUT2D eigenvalue weighted by atomic mass is 32.2. The molecule has 178 valence electrons. The summed E-state index contributed by atoms with van der Waals surface area (Å²) in [5.74, 6) is -1.50. The molecule has 4 rings (SSSR count). The van der Waals surface area contributed by atoms with Gasteiger partial charge >= 0.3 is 5.97 Å². The number of hydrogen-bond acceptors (Lipinski definition) is 9. The Kier molecular flexibility index (Phi) is 6.86. The van der Waals surface area contributed by atoms with Crippen molar-refractivity contribution in [1.82, 2.24) is 9.29 Å². The van der Waals surface area contributed by atoms with Gasteiger partial charge in [-0.3, -0.25) is 20.2 Å². The van der Waals surface area contributed by atoms with E-state index in [1.807, 2.05) is 0 Å². The van der Waals surface area contributed by atoms with Gasteiger partial charge in [0.05, 0.1) is 25.6 Å². The fourth-order valence-electron chi connectivity index (χ4n) is 3.49. The summed E-state index contributed by atoms with van der Waals surface area (Å²) in [5, 5.41) is 13.6. The zero-order chi connectivity index (χ0) is 24.3. The van der Waals surface area contributed by atoms with Gasteiger partial charge in [-0.25, -0.2) is 18.2 Å². The first-order valence-corrected chi connectivity index (χ1v) is 12.6. The first kappa shape index (κ1) is 23.7. The third-order valence-corrected chi connectivity index (χ3v) is 8.01. The van der Waals surface area contributed by atoms with Crippen LogP contribution in [0.15, 0.2) is 47.4 Å². The number of anilines is 1. The quantitative estimate of drug-likeness (QED) is 0.293. The summed E-state index contributed by atoms with van der Waals surface area (Å²) in [7, 11) is -3.71. The first-order chi connectivity index (χ1) is 16.2. The summed E-state index contributed by atoms with van der Waals surface area (Å²) in [5.41, 5.74) is 0.403. The Morgan fingerprint density at radius 1 is 1.15 bits per heavy atom. The molecular formula is C21H20N4O7S2. The van der Waals surface area contributed by atoms with Crippen LogP contribution in [0.2, 0.25) is 0 Å². The molecule has 0 saturated carbocycles. The minimum Gasteiger partial charge on any atom is -0.452 e.